The maximum atomic E-state index is 12.5. The monoisotopic (exact) mass is 345 g/mol. The minimum Gasteiger partial charge on any atom is -0.755 e. The highest BCUT2D eigenvalue weighted by molar-refractivity contribution is 7.80. The third kappa shape index (κ3) is 4.05. The Morgan fingerprint density at radius 3 is 2.09 bits per heavy atom. The average molecular weight is 345 g/mol. The SMILES string of the molecule is O=[N+]([O-])c1cc(-c2ccc(C(F)(F)F)cc2)ccc1NS(=O)[O-]. The molecular formula is C13H8F3N2O4S-. The number of rotatable bonds is 4. The van der Waals surface area contributed by atoms with E-state index in [1.165, 1.54) is 24.3 Å². The maximum Gasteiger partial charge on any atom is 0.416 e. The fourth-order valence-corrected chi connectivity index (χ4v) is 2.24. The van der Waals surface area contributed by atoms with Crippen molar-refractivity contribution in [3.05, 3.63) is 58.1 Å². The molecule has 0 fully saturated rings. The predicted octanol–water partition coefficient (Wildman–Crippen LogP) is 3.49. The summed E-state index contributed by atoms with van der Waals surface area (Å²) in [5, 5.41) is 11.0. The van der Waals surface area contributed by atoms with Crippen molar-refractivity contribution < 1.29 is 26.9 Å². The Hall–Kier alpha value is -2.46. The summed E-state index contributed by atoms with van der Waals surface area (Å²) >= 11 is -2.74. The Balaban J connectivity index is 2.42. The predicted molar refractivity (Wildman–Crippen MR) is 76.1 cm³/mol. The molecule has 0 radical (unpaired) electrons. The summed E-state index contributed by atoms with van der Waals surface area (Å²) in [7, 11) is 0. The van der Waals surface area contributed by atoms with Crippen molar-refractivity contribution in [2.24, 2.45) is 0 Å². The molecule has 0 aromatic heterocycles. The molecule has 0 saturated carbocycles. The minimum atomic E-state index is -4.48. The number of nitrogens with one attached hydrogen (secondary N) is 1. The van der Waals surface area contributed by atoms with E-state index in [4.69, 9.17) is 0 Å². The van der Waals surface area contributed by atoms with E-state index in [0.717, 1.165) is 18.2 Å². The van der Waals surface area contributed by atoms with Gasteiger partial charge in [-0.05, 0) is 29.3 Å². The first-order chi connectivity index (χ1) is 10.7. The number of anilines is 1. The second-order valence-corrected chi connectivity index (χ2v) is 5.07. The van der Waals surface area contributed by atoms with Gasteiger partial charge in [-0.15, -0.1) is 0 Å². The summed E-state index contributed by atoms with van der Waals surface area (Å²) in [6.07, 6.45) is -4.48. The zero-order chi connectivity index (χ0) is 17.2. The second-order valence-electron chi connectivity index (χ2n) is 4.40. The highest BCUT2D eigenvalue weighted by Crippen LogP contribution is 2.33. The fraction of sp³-hybridized carbons (Fsp3) is 0.0769. The molecule has 0 aliphatic carbocycles. The number of benzene rings is 2. The summed E-state index contributed by atoms with van der Waals surface area (Å²) in [5.74, 6) is 0. The van der Waals surface area contributed by atoms with Crippen LogP contribution >= 0.6 is 0 Å². The molecule has 0 spiro atoms. The third-order valence-corrected chi connectivity index (χ3v) is 3.32. The molecular weight excluding hydrogens is 337 g/mol. The zero-order valence-corrected chi connectivity index (χ0v) is 12.0. The number of hydrogen-bond donors (Lipinski definition) is 1. The van der Waals surface area contributed by atoms with Crippen LogP contribution in [-0.2, 0) is 17.4 Å². The van der Waals surface area contributed by atoms with Crippen LogP contribution in [0.1, 0.15) is 5.56 Å². The molecule has 0 bridgehead atoms. The van der Waals surface area contributed by atoms with E-state index in [1.54, 1.807) is 0 Å². The number of nitro benzene ring substituents is 1. The lowest BCUT2D eigenvalue weighted by Gasteiger charge is -2.11. The molecule has 2 rings (SSSR count). The highest BCUT2D eigenvalue weighted by atomic mass is 32.2. The van der Waals surface area contributed by atoms with Gasteiger partial charge >= 0.3 is 6.18 Å². The Morgan fingerprint density at radius 1 is 1.04 bits per heavy atom. The first kappa shape index (κ1) is 16.9. The Bertz CT molecular complexity index is 763. The standard InChI is InChI=1S/C13H9F3N2O4S/c14-13(15,16)10-4-1-8(2-5-10)9-3-6-11(17-23(21)22)12(7-9)18(19)20/h1-7,17H,(H,21,22)/p-1. The first-order valence-electron chi connectivity index (χ1n) is 6.00. The van der Waals surface area contributed by atoms with Crippen molar-refractivity contribution in [1.29, 1.82) is 0 Å². The second kappa shape index (κ2) is 6.34. The Morgan fingerprint density at radius 2 is 1.61 bits per heavy atom. The number of halogens is 3. The van der Waals surface area contributed by atoms with Gasteiger partial charge < -0.3 is 9.27 Å². The number of alkyl halides is 3. The first-order valence-corrected chi connectivity index (χ1v) is 7.08. The van der Waals surface area contributed by atoms with Gasteiger partial charge in [0.25, 0.3) is 5.69 Å². The molecule has 1 unspecified atom stereocenters. The van der Waals surface area contributed by atoms with Gasteiger partial charge in [0.1, 0.15) is 5.69 Å². The van der Waals surface area contributed by atoms with Crippen molar-refractivity contribution >= 4 is 22.6 Å². The molecule has 0 saturated heterocycles. The quantitative estimate of drug-likeness (QED) is 0.521. The summed E-state index contributed by atoms with van der Waals surface area (Å²) in [4.78, 5) is 10.2. The van der Waals surface area contributed by atoms with Gasteiger partial charge in [0.2, 0.25) is 0 Å². The maximum absolute atomic E-state index is 12.5. The number of nitro groups is 1. The molecule has 122 valence electrons. The van der Waals surface area contributed by atoms with Crippen molar-refractivity contribution in [1.82, 2.24) is 0 Å². The lowest BCUT2D eigenvalue weighted by atomic mass is 10.0. The summed E-state index contributed by atoms with van der Waals surface area (Å²) < 4.78 is 60.6. The van der Waals surface area contributed by atoms with Gasteiger partial charge in [0.05, 0.1) is 10.5 Å². The molecule has 0 amide bonds. The van der Waals surface area contributed by atoms with Crippen LogP contribution in [0, 0.1) is 10.1 Å². The van der Waals surface area contributed by atoms with Crippen LogP contribution < -0.4 is 4.72 Å². The van der Waals surface area contributed by atoms with Crippen molar-refractivity contribution in [3.8, 4) is 11.1 Å². The van der Waals surface area contributed by atoms with Crippen LogP contribution in [0.3, 0.4) is 0 Å². The lowest BCUT2D eigenvalue weighted by Crippen LogP contribution is -2.05. The van der Waals surface area contributed by atoms with Crippen LogP contribution in [0.2, 0.25) is 0 Å². The van der Waals surface area contributed by atoms with Crippen molar-refractivity contribution in [2.75, 3.05) is 4.72 Å². The topological polar surface area (TPSA) is 95.3 Å². The molecule has 2 aromatic carbocycles. The average Bonchev–Trinajstić information content (AvgIpc) is 2.46. The molecule has 1 N–H and O–H groups in total. The van der Waals surface area contributed by atoms with E-state index in [-0.39, 0.29) is 11.3 Å². The minimum absolute atomic E-state index is 0.237. The molecule has 1 atom stereocenters. The van der Waals surface area contributed by atoms with Gasteiger partial charge in [0, 0.05) is 17.3 Å². The van der Waals surface area contributed by atoms with E-state index < -0.39 is 33.6 Å². The van der Waals surface area contributed by atoms with Crippen LogP contribution in [-0.4, -0.2) is 13.7 Å². The van der Waals surface area contributed by atoms with Gasteiger partial charge in [0.15, 0.2) is 0 Å². The lowest BCUT2D eigenvalue weighted by molar-refractivity contribution is -0.383. The molecule has 2 aromatic rings. The summed E-state index contributed by atoms with van der Waals surface area (Å²) in [5.41, 5.74) is -0.968. The number of hydrogen-bond acceptors (Lipinski definition) is 4. The molecule has 0 aliphatic heterocycles. The van der Waals surface area contributed by atoms with E-state index in [9.17, 15) is 32.0 Å². The Kier molecular flexibility index (Phi) is 4.66. The molecule has 0 heterocycles. The van der Waals surface area contributed by atoms with Gasteiger partial charge in [-0.2, -0.15) is 13.2 Å². The Labute approximate surface area is 130 Å². The zero-order valence-electron chi connectivity index (χ0n) is 11.2. The molecule has 23 heavy (non-hydrogen) atoms. The van der Waals surface area contributed by atoms with E-state index in [1.807, 2.05) is 4.72 Å². The van der Waals surface area contributed by atoms with E-state index in [0.29, 0.717) is 5.56 Å². The van der Waals surface area contributed by atoms with Crippen molar-refractivity contribution in [3.63, 3.8) is 0 Å². The van der Waals surface area contributed by atoms with Crippen molar-refractivity contribution in [2.45, 2.75) is 6.18 Å². The van der Waals surface area contributed by atoms with Crippen LogP contribution in [0.4, 0.5) is 24.5 Å². The third-order valence-electron chi connectivity index (χ3n) is 2.93. The smallest absolute Gasteiger partial charge is 0.416 e. The van der Waals surface area contributed by atoms with E-state index in [2.05, 4.69) is 0 Å². The molecule has 10 heteroatoms. The van der Waals surface area contributed by atoms with Gasteiger partial charge in [-0.1, -0.05) is 18.2 Å². The van der Waals surface area contributed by atoms with E-state index >= 15 is 0 Å². The summed E-state index contributed by atoms with van der Waals surface area (Å²) in [6.45, 7) is 0. The fourth-order valence-electron chi connectivity index (χ4n) is 1.89. The highest BCUT2D eigenvalue weighted by Gasteiger charge is 2.30. The normalized spacial score (nSPS) is 12.7. The van der Waals surface area contributed by atoms with Gasteiger partial charge in [-0.3, -0.25) is 14.3 Å². The number of nitrogens with zero attached hydrogens (tertiary/aromatic N) is 1. The van der Waals surface area contributed by atoms with Crippen LogP contribution in [0.5, 0.6) is 0 Å². The molecule has 0 aliphatic rings. The van der Waals surface area contributed by atoms with Crippen LogP contribution in [0.15, 0.2) is 42.5 Å². The molecule has 6 nitrogen and oxygen atoms in total. The summed E-state index contributed by atoms with van der Waals surface area (Å²) in [6, 6.07) is 7.70. The van der Waals surface area contributed by atoms with Gasteiger partial charge in [-0.25, -0.2) is 0 Å². The van der Waals surface area contributed by atoms with Crippen LogP contribution in [0.25, 0.3) is 11.1 Å². The largest absolute Gasteiger partial charge is 0.755 e.